The minimum absolute atomic E-state index is 0.0747. The predicted molar refractivity (Wildman–Crippen MR) is 113 cm³/mol. The summed E-state index contributed by atoms with van der Waals surface area (Å²) in [6.07, 6.45) is 1.17. The Morgan fingerprint density at radius 1 is 1.07 bits per heavy atom. The summed E-state index contributed by atoms with van der Waals surface area (Å²) in [7, 11) is 0. The number of carbonyl (C=O) groups is 2. The van der Waals surface area contributed by atoms with Crippen LogP contribution in [0.25, 0.3) is 0 Å². The third-order valence-corrected chi connectivity index (χ3v) is 5.22. The van der Waals surface area contributed by atoms with Gasteiger partial charge in [-0.1, -0.05) is 49.4 Å². The molecule has 5 nitrogen and oxygen atoms in total. The quantitative estimate of drug-likeness (QED) is 0.626. The summed E-state index contributed by atoms with van der Waals surface area (Å²) in [5.74, 6) is -0.312. The fourth-order valence-electron chi connectivity index (χ4n) is 2.79. The topological polar surface area (TPSA) is 71.1 Å². The fourth-order valence-corrected chi connectivity index (χ4v) is 3.49. The molecule has 2 amide bonds. The second kappa shape index (κ2) is 9.28. The Bertz CT molecular complexity index is 936. The van der Waals surface area contributed by atoms with Crippen LogP contribution in [0, 0.1) is 0 Å². The van der Waals surface area contributed by atoms with Gasteiger partial charge in [-0.15, -0.1) is 11.3 Å². The Balaban J connectivity index is 1.53. The van der Waals surface area contributed by atoms with E-state index in [1.807, 2.05) is 37.3 Å². The van der Waals surface area contributed by atoms with Crippen LogP contribution in [0.15, 0.2) is 60.0 Å². The van der Waals surface area contributed by atoms with Crippen molar-refractivity contribution in [2.24, 2.45) is 0 Å². The predicted octanol–water partition coefficient (Wildman–Crippen LogP) is 4.38. The Morgan fingerprint density at radius 3 is 2.46 bits per heavy atom. The molecule has 0 saturated heterocycles. The summed E-state index contributed by atoms with van der Waals surface area (Å²) < 4.78 is 0. The van der Waals surface area contributed by atoms with E-state index in [1.165, 1.54) is 16.9 Å². The molecule has 0 aliphatic carbocycles. The van der Waals surface area contributed by atoms with Gasteiger partial charge in [-0.3, -0.25) is 14.9 Å². The van der Waals surface area contributed by atoms with E-state index in [9.17, 15) is 9.59 Å². The zero-order valence-corrected chi connectivity index (χ0v) is 16.8. The lowest BCUT2D eigenvalue weighted by molar-refractivity contribution is -0.121. The van der Waals surface area contributed by atoms with E-state index in [0.29, 0.717) is 16.4 Å². The van der Waals surface area contributed by atoms with E-state index >= 15 is 0 Å². The molecule has 0 bridgehead atoms. The Hall–Kier alpha value is -2.99. The molecule has 3 rings (SSSR count). The highest BCUT2D eigenvalue weighted by Crippen LogP contribution is 2.18. The Kier molecular flexibility index (Phi) is 6.55. The largest absolute Gasteiger partial charge is 0.349 e. The van der Waals surface area contributed by atoms with Crippen LogP contribution in [0.3, 0.4) is 0 Å². The van der Waals surface area contributed by atoms with Gasteiger partial charge < -0.3 is 5.32 Å². The number of anilines is 1. The van der Waals surface area contributed by atoms with Crippen LogP contribution in [0.1, 0.15) is 47.1 Å². The number of hydrogen-bond donors (Lipinski definition) is 2. The SMILES string of the molecule is CCc1ccc(C(C)NC(=O)Cc2csc(NC(=O)c3ccccc3)n2)cc1. The van der Waals surface area contributed by atoms with Gasteiger partial charge in [0.2, 0.25) is 5.91 Å². The van der Waals surface area contributed by atoms with Crippen molar-refractivity contribution in [2.45, 2.75) is 32.7 Å². The number of aromatic nitrogens is 1. The molecule has 0 saturated carbocycles. The third-order valence-electron chi connectivity index (χ3n) is 4.42. The van der Waals surface area contributed by atoms with Crippen molar-refractivity contribution in [1.29, 1.82) is 0 Å². The van der Waals surface area contributed by atoms with Gasteiger partial charge in [0, 0.05) is 10.9 Å². The van der Waals surface area contributed by atoms with Crippen LogP contribution in [0.4, 0.5) is 5.13 Å². The van der Waals surface area contributed by atoms with Gasteiger partial charge in [0.05, 0.1) is 18.2 Å². The highest BCUT2D eigenvalue weighted by molar-refractivity contribution is 7.14. The number of aryl methyl sites for hydroxylation is 1. The molecule has 3 aromatic rings. The molecule has 2 N–H and O–H groups in total. The normalized spacial score (nSPS) is 11.6. The zero-order chi connectivity index (χ0) is 19.9. The van der Waals surface area contributed by atoms with Crippen LogP contribution < -0.4 is 10.6 Å². The maximum Gasteiger partial charge on any atom is 0.257 e. The molecule has 144 valence electrons. The molecule has 1 heterocycles. The van der Waals surface area contributed by atoms with Crippen molar-refractivity contribution in [3.63, 3.8) is 0 Å². The van der Waals surface area contributed by atoms with Crippen LogP contribution in [0.2, 0.25) is 0 Å². The van der Waals surface area contributed by atoms with Crippen molar-refractivity contribution in [3.05, 3.63) is 82.4 Å². The average molecular weight is 394 g/mol. The zero-order valence-electron chi connectivity index (χ0n) is 15.9. The minimum Gasteiger partial charge on any atom is -0.349 e. The third kappa shape index (κ3) is 5.27. The molecule has 1 unspecified atom stereocenters. The first kappa shape index (κ1) is 19.8. The Labute approximate surface area is 168 Å². The molecule has 1 aromatic heterocycles. The first-order valence-electron chi connectivity index (χ1n) is 9.24. The average Bonchev–Trinajstić information content (AvgIpc) is 3.15. The number of amides is 2. The number of thiazole rings is 1. The van der Waals surface area contributed by atoms with Crippen molar-refractivity contribution < 1.29 is 9.59 Å². The number of hydrogen-bond acceptors (Lipinski definition) is 4. The van der Waals surface area contributed by atoms with Crippen LogP contribution >= 0.6 is 11.3 Å². The van der Waals surface area contributed by atoms with E-state index in [1.54, 1.807) is 17.5 Å². The van der Waals surface area contributed by atoms with Crippen molar-refractivity contribution in [1.82, 2.24) is 10.3 Å². The molecule has 0 fully saturated rings. The van der Waals surface area contributed by atoms with Crippen molar-refractivity contribution in [3.8, 4) is 0 Å². The standard InChI is InChI=1S/C22H23N3O2S/c1-3-16-9-11-17(12-10-16)15(2)23-20(26)13-19-14-28-22(24-19)25-21(27)18-7-5-4-6-8-18/h4-12,14-15H,3,13H2,1-2H3,(H,23,26)(H,24,25,27). The first-order valence-corrected chi connectivity index (χ1v) is 10.1. The fraction of sp³-hybridized carbons (Fsp3) is 0.227. The number of nitrogens with zero attached hydrogens (tertiary/aromatic N) is 1. The second-order valence-electron chi connectivity index (χ2n) is 6.53. The molecule has 6 heteroatoms. The van der Waals surface area contributed by atoms with Crippen LogP contribution in [0.5, 0.6) is 0 Å². The number of carbonyl (C=O) groups excluding carboxylic acids is 2. The maximum absolute atomic E-state index is 12.3. The second-order valence-corrected chi connectivity index (χ2v) is 7.38. The van der Waals surface area contributed by atoms with Crippen LogP contribution in [-0.2, 0) is 17.6 Å². The molecule has 0 radical (unpaired) electrons. The lowest BCUT2D eigenvalue weighted by atomic mass is 10.0. The first-order chi connectivity index (χ1) is 13.5. The van der Waals surface area contributed by atoms with E-state index in [-0.39, 0.29) is 24.3 Å². The summed E-state index contributed by atoms with van der Waals surface area (Å²) in [6, 6.07) is 17.1. The molecule has 0 spiro atoms. The maximum atomic E-state index is 12.3. The lowest BCUT2D eigenvalue weighted by Crippen LogP contribution is -2.28. The summed E-state index contributed by atoms with van der Waals surface area (Å²) in [4.78, 5) is 28.9. The summed E-state index contributed by atoms with van der Waals surface area (Å²) >= 11 is 1.31. The highest BCUT2D eigenvalue weighted by atomic mass is 32.1. The molecular formula is C22H23N3O2S. The van der Waals surface area contributed by atoms with Gasteiger partial charge in [-0.25, -0.2) is 4.98 Å². The van der Waals surface area contributed by atoms with E-state index in [2.05, 4.69) is 34.7 Å². The molecule has 1 atom stereocenters. The van der Waals surface area contributed by atoms with Gasteiger partial charge in [0.15, 0.2) is 5.13 Å². The number of nitrogens with one attached hydrogen (secondary N) is 2. The molecule has 0 aliphatic heterocycles. The Morgan fingerprint density at radius 2 is 1.79 bits per heavy atom. The van der Waals surface area contributed by atoms with Gasteiger partial charge in [0.25, 0.3) is 5.91 Å². The van der Waals surface area contributed by atoms with E-state index < -0.39 is 0 Å². The monoisotopic (exact) mass is 393 g/mol. The van der Waals surface area contributed by atoms with Crippen molar-refractivity contribution in [2.75, 3.05) is 5.32 Å². The summed E-state index contributed by atoms with van der Waals surface area (Å²) in [5.41, 5.74) is 3.55. The van der Waals surface area contributed by atoms with E-state index in [4.69, 9.17) is 0 Å². The highest BCUT2D eigenvalue weighted by Gasteiger charge is 2.13. The minimum atomic E-state index is -0.213. The molecular weight excluding hydrogens is 370 g/mol. The van der Waals surface area contributed by atoms with Gasteiger partial charge in [-0.05, 0) is 36.6 Å². The lowest BCUT2D eigenvalue weighted by Gasteiger charge is -2.14. The molecule has 28 heavy (non-hydrogen) atoms. The van der Waals surface area contributed by atoms with E-state index in [0.717, 1.165) is 12.0 Å². The van der Waals surface area contributed by atoms with Gasteiger partial charge in [-0.2, -0.15) is 0 Å². The smallest absolute Gasteiger partial charge is 0.257 e. The van der Waals surface area contributed by atoms with Crippen molar-refractivity contribution >= 4 is 28.3 Å². The van der Waals surface area contributed by atoms with Gasteiger partial charge in [0.1, 0.15) is 0 Å². The summed E-state index contributed by atoms with van der Waals surface area (Å²) in [6.45, 7) is 4.08. The molecule has 0 aliphatic rings. The van der Waals surface area contributed by atoms with Gasteiger partial charge >= 0.3 is 0 Å². The molecule has 2 aromatic carbocycles. The van der Waals surface area contributed by atoms with Crippen LogP contribution in [-0.4, -0.2) is 16.8 Å². The number of rotatable bonds is 7. The number of benzene rings is 2. The summed E-state index contributed by atoms with van der Waals surface area (Å²) in [5, 5.41) is 8.04.